The van der Waals surface area contributed by atoms with E-state index in [-0.39, 0.29) is 16.4 Å². The Balaban J connectivity index is 1.96. The first-order valence-corrected chi connectivity index (χ1v) is 6.54. The average Bonchev–Trinajstić information content (AvgIpc) is 2.55. The normalized spacial score (nSPS) is 11.1. The van der Waals surface area contributed by atoms with Crippen LogP contribution in [0.4, 0.5) is 17.1 Å². The van der Waals surface area contributed by atoms with Crippen molar-refractivity contribution in [2.75, 3.05) is 0 Å². The van der Waals surface area contributed by atoms with Gasteiger partial charge in [-0.05, 0) is 24.3 Å². The van der Waals surface area contributed by atoms with Gasteiger partial charge in [0.05, 0.1) is 16.3 Å². The van der Waals surface area contributed by atoms with Gasteiger partial charge in [-0.1, -0.05) is 24.3 Å². The fourth-order valence-electron chi connectivity index (χ4n) is 2.11. The Morgan fingerprint density at radius 3 is 2.18 bits per heavy atom. The van der Waals surface area contributed by atoms with Gasteiger partial charge in [0.1, 0.15) is 5.75 Å². The van der Waals surface area contributed by atoms with Crippen molar-refractivity contribution in [2.45, 2.75) is 0 Å². The van der Waals surface area contributed by atoms with Crippen LogP contribution in [0.2, 0.25) is 0 Å². The Kier molecular flexibility index (Phi) is 3.49. The molecule has 0 heterocycles. The summed E-state index contributed by atoms with van der Waals surface area (Å²) in [5.74, 6) is 0.192. The molecule has 0 unspecified atom stereocenters. The van der Waals surface area contributed by atoms with Crippen LogP contribution >= 0.6 is 0 Å². The Morgan fingerprint density at radius 2 is 1.50 bits per heavy atom. The summed E-state index contributed by atoms with van der Waals surface area (Å²) in [5, 5.41) is 28.4. The van der Waals surface area contributed by atoms with Crippen LogP contribution in [0.25, 0.3) is 10.8 Å². The van der Waals surface area contributed by atoms with Gasteiger partial charge in [0.15, 0.2) is 0 Å². The molecule has 6 heteroatoms. The van der Waals surface area contributed by atoms with E-state index in [1.54, 1.807) is 24.3 Å². The molecule has 0 amide bonds. The maximum Gasteiger partial charge on any atom is 0.316 e. The van der Waals surface area contributed by atoms with Gasteiger partial charge in [0, 0.05) is 22.9 Å². The molecule has 0 bridgehead atoms. The first-order chi connectivity index (χ1) is 10.6. The molecular formula is C16H12N3O3+. The summed E-state index contributed by atoms with van der Waals surface area (Å²) in [6.45, 7) is 0. The van der Waals surface area contributed by atoms with Gasteiger partial charge in [-0.3, -0.25) is 0 Å². The lowest BCUT2D eigenvalue weighted by Crippen LogP contribution is -1.89. The van der Waals surface area contributed by atoms with Crippen LogP contribution in [-0.4, -0.2) is 15.2 Å². The van der Waals surface area contributed by atoms with Crippen LogP contribution in [-0.2, 0) is 0 Å². The van der Waals surface area contributed by atoms with E-state index < -0.39 is 0 Å². The summed E-state index contributed by atoms with van der Waals surface area (Å²) in [7, 11) is 0. The molecule has 0 atom stereocenters. The second-order valence-electron chi connectivity index (χ2n) is 4.64. The third-order valence-corrected chi connectivity index (χ3v) is 3.22. The van der Waals surface area contributed by atoms with E-state index in [2.05, 4.69) is 10.2 Å². The highest BCUT2D eigenvalue weighted by Gasteiger charge is 2.09. The molecule has 2 N–H and O–H groups in total. The van der Waals surface area contributed by atoms with E-state index in [0.29, 0.717) is 16.8 Å². The highest BCUT2D eigenvalue weighted by atomic mass is 16.6. The van der Waals surface area contributed by atoms with Crippen LogP contribution in [0.5, 0.6) is 5.75 Å². The lowest BCUT2D eigenvalue weighted by atomic mass is 10.1. The van der Waals surface area contributed by atoms with Gasteiger partial charge in [-0.15, -0.1) is 5.11 Å². The summed E-state index contributed by atoms with van der Waals surface area (Å²) < 4.78 is 0. The fourth-order valence-corrected chi connectivity index (χ4v) is 2.11. The Hall–Kier alpha value is -3.28. The van der Waals surface area contributed by atoms with Crippen molar-refractivity contribution in [3.8, 4) is 5.75 Å². The topological polar surface area (TPSA) is 85.3 Å². The first kappa shape index (κ1) is 13.7. The van der Waals surface area contributed by atoms with E-state index >= 15 is 0 Å². The van der Waals surface area contributed by atoms with Crippen molar-refractivity contribution in [1.82, 2.24) is 0 Å². The molecule has 3 rings (SSSR count). The van der Waals surface area contributed by atoms with Crippen LogP contribution in [0.1, 0.15) is 0 Å². The zero-order valence-corrected chi connectivity index (χ0v) is 11.4. The fraction of sp³-hybridized carbons (Fsp3) is 0. The molecule has 0 saturated carbocycles. The third kappa shape index (κ3) is 2.62. The van der Waals surface area contributed by atoms with Crippen LogP contribution in [0.15, 0.2) is 70.9 Å². The highest BCUT2D eigenvalue weighted by Crippen LogP contribution is 2.33. The Bertz CT molecular complexity index is 873. The maximum atomic E-state index is 10.7. The van der Waals surface area contributed by atoms with E-state index in [9.17, 15) is 10.0 Å². The number of aromatic hydroxyl groups is 1. The molecule has 0 radical (unpaired) electrons. The number of phenolic OH excluding ortho intramolecular Hbond substituents is 1. The van der Waals surface area contributed by atoms with E-state index in [1.165, 1.54) is 12.1 Å². The third-order valence-electron chi connectivity index (χ3n) is 3.22. The molecule has 0 fully saturated rings. The van der Waals surface area contributed by atoms with Crippen LogP contribution in [0.3, 0.4) is 0 Å². The maximum absolute atomic E-state index is 10.7. The minimum absolute atomic E-state index is 0.119. The average molecular weight is 294 g/mol. The van der Waals surface area contributed by atoms with Crippen molar-refractivity contribution in [2.24, 2.45) is 10.2 Å². The standard InChI is InChI=1S/C16H11N3O3/c20-16-10-9-15(13-3-1-2-4-14(13)16)18-17-11-5-7-12(8-6-11)19(21)22/h1-10H,(H-,17,20,21,22)/p+1. The molecule has 6 nitrogen and oxygen atoms in total. The number of hydrogen-bond acceptors (Lipinski definition) is 4. The van der Waals surface area contributed by atoms with Gasteiger partial charge in [0.2, 0.25) is 0 Å². The zero-order chi connectivity index (χ0) is 15.5. The SMILES string of the molecule is O=[N+](O)c1ccc(N=Nc2ccc(O)c3ccccc23)cc1. The van der Waals surface area contributed by atoms with Gasteiger partial charge in [0.25, 0.3) is 4.92 Å². The number of fused-ring (bicyclic) bond motifs is 1. The van der Waals surface area contributed by atoms with Crippen molar-refractivity contribution >= 4 is 27.8 Å². The lowest BCUT2D eigenvalue weighted by Gasteiger charge is -2.03. The number of nitrogens with zero attached hydrogens (tertiary/aromatic N) is 3. The summed E-state index contributed by atoms with van der Waals surface area (Å²) in [6.07, 6.45) is 0. The van der Waals surface area contributed by atoms with E-state index in [1.807, 2.05) is 24.3 Å². The summed E-state index contributed by atoms with van der Waals surface area (Å²) in [6, 6.07) is 16.6. The monoisotopic (exact) mass is 294 g/mol. The van der Waals surface area contributed by atoms with Crippen molar-refractivity contribution < 1.29 is 15.2 Å². The van der Waals surface area contributed by atoms with E-state index in [0.717, 1.165) is 5.39 Å². The molecule has 0 aromatic heterocycles. The largest absolute Gasteiger partial charge is 0.507 e. The second-order valence-corrected chi connectivity index (χ2v) is 4.64. The summed E-state index contributed by atoms with van der Waals surface area (Å²) in [4.78, 5) is 10.5. The van der Waals surface area contributed by atoms with Crippen molar-refractivity contribution in [3.05, 3.63) is 65.6 Å². The van der Waals surface area contributed by atoms with Gasteiger partial charge < -0.3 is 5.11 Å². The smallest absolute Gasteiger partial charge is 0.316 e. The molecule has 0 aliphatic rings. The molecule has 0 spiro atoms. The molecule has 108 valence electrons. The minimum Gasteiger partial charge on any atom is -0.507 e. The minimum atomic E-state index is -0.214. The van der Waals surface area contributed by atoms with Crippen molar-refractivity contribution in [1.29, 1.82) is 0 Å². The number of azo groups is 1. The molecule has 0 aliphatic carbocycles. The van der Waals surface area contributed by atoms with Gasteiger partial charge in [-0.25, -0.2) is 5.21 Å². The molecule has 22 heavy (non-hydrogen) atoms. The molecule has 3 aromatic carbocycles. The Morgan fingerprint density at radius 1 is 0.818 bits per heavy atom. The van der Waals surface area contributed by atoms with Crippen molar-refractivity contribution in [3.63, 3.8) is 0 Å². The predicted octanol–water partition coefficient (Wildman–Crippen LogP) is 4.76. The Labute approximate surface area is 125 Å². The zero-order valence-electron chi connectivity index (χ0n) is 11.4. The van der Waals surface area contributed by atoms with E-state index in [4.69, 9.17) is 5.21 Å². The second kappa shape index (κ2) is 5.61. The van der Waals surface area contributed by atoms with Crippen LogP contribution in [0, 0.1) is 4.91 Å². The molecule has 0 saturated heterocycles. The molecule has 0 aliphatic heterocycles. The quantitative estimate of drug-likeness (QED) is 0.539. The number of hydrogen-bond donors (Lipinski definition) is 2. The van der Waals surface area contributed by atoms with Crippen LogP contribution < -0.4 is 0 Å². The highest BCUT2D eigenvalue weighted by molar-refractivity contribution is 5.96. The summed E-state index contributed by atoms with van der Waals surface area (Å²) in [5.41, 5.74) is 1.29. The van der Waals surface area contributed by atoms with Gasteiger partial charge >= 0.3 is 5.69 Å². The number of phenols is 1. The lowest BCUT2D eigenvalue weighted by molar-refractivity contribution is -0.729. The molecular weight excluding hydrogens is 282 g/mol. The predicted molar refractivity (Wildman–Crippen MR) is 81.3 cm³/mol. The number of rotatable bonds is 3. The van der Waals surface area contributed by atoms with Gasteiger partial charge in [-0.2, -0.15) is 5.11 Å². The summed E-state index contributed by atoms with van der Waals surface area (Å²) >= 11 is 0. The number of benzene rings is 3. The first-order valence-electron chi connectivity index (χ1n) is 6.54. The molecule has 3 aromatic rings.